The number of rotatable bonds is 4. The van der Waals surface area contributed by atoms with Gasteiger partial charge in [-0.1, -0.05) is 0 Å². The Morgan fingerprint density at radius 2 is 2.33 bits per heavy atom. The second-order valence-electron chi connectivity index (χ2n) is 3.55. The van der Waals surface area contributed by atoms with Gasteiger partial charge in [0.15, 0.2) is 6.29 Å². The Morgan fingerprint density at radius 1 is 1.56 bits per heavy atom. The molecule has 0 aliphatic heterocycles. The lowest BCUT2D eigenvalue weighted by atomic mass is 10.1. The number of halogens is 2. The second kappa shape index (κ2) is 6.05. The van der Waals surface area contributed by atoms with E-state index in [0.717, 1.165) is 9.13 Å². The fourth-order valence-corrected chi connectivity index (χ4v) is 2.99. The van der Waals surface area contributed by atoms with Crippen molar-refractivity contribution in [3.05, 3.63) is 38.5 Å². The molecule has 1 aromatic heterocycles. The van der Waals surface area contributed by atoms with E-state index >= 15 is 0 Å². The fourth-order valence-electron chi connectivity index (χ4n) is 1.55. The van der Waals surface area contributed by atoms with E-state index in [2.05, 4.69) is 27.0 Å². The maximum atomic E-state index is 13.1. The highest BCUT2D eigenvalue weighted by Gasteiger charge is 2.18. The van der Waals surface area contributed by atoms with Gasteiger partial charge in [-0.2, -0.15) is 4.37 Å². The topological polar surface area (TPSA) is 42.4 Å². The minimum Gasteiger partial charge on any atom is -0.364 e. The Kier molecular flexibility index (Phi) is 4.66. The standard InChI is InChI=1S/C12H11FINO2S/c1-2-17-12(16)9-6-18-15-11(9)8-4-3-7(13)5-10(8)14/h3-6,12,16H,2H2,1H3. The van der Waals surface area contributed by atoms with Gasteiger partial charge in [0.1, 0.15) is 5.82 Å². The van der Waals surface area contributed by atoms with Crippen LogP contribution < -0.4 is 0 Å². The molecule has 0 bridgehead atoms. The zero-order valence-electron chi connectivity index (χ0n) is 9.56. The molecule has 3 nitrogen and oxygen atoms in total. The zero-order valence-corrected chi connectivity index (χ0v) is 12.5. The molecular formula is C12H11FINO2S. The monoisotopic (exact) mass is 379 g/mol. The molecule has 2 rings (SSSR count). The van der Waals surface area contributed by atoms with Crippen LogP contribution >= 0.6 is 34.1 Å². The Labute approximate surface area is 122 Å². The Balaban J connectivity index is 2.42. The van der Waals surface area contributed by atoms with Crippen LogP contribution in [-0.4, -0.2) is 16.1 Å². The summed E-state index contributed by atoms with van der Waals surface area (Å²) in [5.41, 5.74) is 2.06. The van der Waals surface area contributed by atoms with Gasteiger partial charge in [0.25, 0.3) is 0 Å². The van der Waals surface area contributed by atoms with Crippen molar-refractivity contribution in [3.8, 4) is 11.3 Å². The third-order valence-electron chi connectivity index (χ3n) is 2.37. The van der Waals surface area contributed by atoms with Crippen LogP contribution in [0.25, 0.3) is 11.3 Å². The average molecular weight is 379 g/mol. The molecular weight excluding hydrogens is 368 g/mol. The number of aliphatic hydroxyl groups is 1. The van der Waals surface area contributed by atoms with Crippen molar-refractivity contribution >= 4 is 34.1 Å². The summed E-state index contributed by atoms with van der Waals surface area (Å²) in [7, 11) is 0. The molecule has 6 heteroatoms. The molecule has 0 radical (unpaired) electrons. The smallest absolute Gasteiger partial charge is 0.184 e. The van der Waals surface area contributed by atoms with Gasteiger partial charge in [-0.05, 0) is 59.2 Å². The van der Waals surface area contributed by atoms with E-state index < -0.39 is 6.29 Å². The highest BCUT2D eigenvalue weighted by atomic mass is 127. The molecule has 0 saturated carbocycles. The van der Waals surface area contributed by atoms with Gasteiger partial charge in [-0.3, -0.25) is 0 Å². The van der Waals surface area contributed by atoms with Crippen molar-refractivity contribution in [1.82, 2.24) is 4.37 Å². The van der Waals surface area contributed by atoms with Gasteiger partial charge in [0.05, 0.1) is 5.69 Å². The second-order valence-corrected chi connectivity index (χ2v) is 5.34. The quantitative estimate of drug-likeness (QED) is 0.652. The zero-order chi connectivity index (χ0) is 13.1. The molecule has 1 unspecified atom stereocenters. The van der Waals surface area contributed by atoms with Crippen LogP contribution in [0.1, 0.15) is 18.8 Å². The predicted molar refractivity (Wildman–Crippen MR) is 76.8 cm³/mol. The first-order chi connectivity index (χ1) is 8.63. The molecule has 0 aliphatic carbocycles. The van der Waals surface area contributed by atoms with Crippen LogP contribution in [-0.2, 0) is 4.74 Å². The van der Waals surface area contributed by atoms with Crippen molar-refractivity contribution in [2.75, 3.05) is 6.61 Å². The summed E-state index contributed by atoms with van der Waals surface area (Å²) in [6.45, 7) is 2.22. The molecule has 0 saturated heterocycles. The summed E-state index contributed by atoms with van der Waals surface area (Å²) >= 11 is 3.29. The van der Waals surface area contributed by atoms with E-state index in [0.29, 0.717) is 17.9 Å². The van der Waals surface area contributed by atoms with Crippen LogP contribution in [0.2, 0.25) is 0 Å². The molecule has 0 aliphatic rings. The van der Waals surface area contributed by atoms with E-state index in [4.69, 9.17) is 4.74 Å². The number of nitrogens with zero attached hydrogens (tertiary/aromatic N) is 1. The van der Waals surface area contributed by atoms with Crippen molar-refractivity contribution in [1.29, 1.82) is 0 Å². The number of aromatic nitrogens is 1. The minimum absolute atomic E-state index is 0.287. The predicted octanol–water partition coefficient (Wildman–Crippen LogP) is 3.58. The molecule has 1 atom stereocenters. The summed E-state index contributed by atoms with van der Waals surface area (Å²) in [4.78, 5) is 0. The third-order valence-corrected chi connectivity index (χ3v) is 3.91. The maximum absolute atomic E-state index is 13.1. The van der Waals surface area contributed by atoms with E-state index in [1.54, 1.807) is 11.4 Å². The van der Waals surface area contributed by atoms with Crippen LogP contribution in [0.15, 0.2) is 23.6 Å². The molecule has 1 heterocycles. The lowest BCUT2D eigenvalue weighted by Crippen LogP contribution is -2.03. The number of hydrogen-bond donors (Lipinski definition) is 1. The van der Waals surface area contributed by atoms with E-state index in [1.165, 1.54) is 23.7 Å². The Morgan fingerprint density at radius 3 is 3.00 bits per heavy atom. The van der Waals surface area contributed by atoms with E-state index in [1.807, 2.05) is 6.92 Å². The lowest BCUT2D eigenvalue weighted by molar-refractivity contribution is -0.0974. The number of aliphatic hydroxyl groups excluding tert-OH is 1. The van der Waals surface area contributed by atoms with E-state index in [9.17, 15) is 9.50 Å². The summed E-state index contributed by atoms with van der Waals surface area (Å²) < 4.78 is 23.2. The molecule has 0 fully saturated rings. The SMILES string of the molecule is CCOC(O)c1csnc1-c1ccc(F)cc1I. The Hall–Kier alpha value is -0.570. The summed E-state index contributed by atoms with van der Waals surface area (Å²) in [6.07, 6.45) is -0.996. The van der Waals surface area contributed by atoms with Gasteiger partial charge in [0.2, 0.25) is 0 Å². The van der Waals surface area contributed by atoms with Crippen molar-refractivity contribution in [3.63, 3.8) is 0 Å². The molecule has 0 spiro atoms. The first-order valence-electron chi connectivity index (χ1n) is 5.32. The summed E-state index contributed by atoms with van der Waals surface area (Å²) in [5, 5.41) is 11.6. The first kappa shape index (κ1) is 13.9. The van der Waals surface area contributed by atoms with Crippen molar-refractivity contribution in [2.45, 2.75) is 13.2 Å². The molecule has 18 heavy (non-hydrogen) atoms. The van der Waals surface area contributed by atoms with Gasteiger partial charge >= 0.3 is 0 Å². The molecule has 1 N–H and O–H groups in total. The van der Waals surface area contributed by atoms with Crippen LogP contribution in [0, 0.1) is 9.39 Å². The Bertz CT molecular complexity index is 547. The van der Waals surface area contributed by atoms with Gasteiger partial charge in [0, 0.05) is 26.7 Å². The normalized spacial score (nSPS) is 12.7. The van der Waals surface area contributed by atoms with E-state index in [-0.39, 0.29) is 5.82 Å². The van der Waals surface area contributed by atoms with Gasteiger partial charge in [-0.25, -0.2) is 4.39 Å². The van der Waals surface area contributed by atoms with Gasteiger partial charge in [-0.15, -0.1) is 0 Å². The van der Waals surface area contributed by atoms with Crippen LogP contribution in [0.4, 0.5) is 4.39 Å². The number of hydrogen-bond acceptors (Lipinski definition) is 4. The van der Waals surface area contributed by atoms with Crippen LogP contribution in [0.3, 0.4) is 0 Å². The largest absolute Gasteiger partial charge is 0.364 e. The molecule has 2 aromatic rings. The highest BCUT2D eigenvalue weighted by molar-refractivity contribution is 14.1. The average Bonchev–Trinajstić information content (AvgIpc) is 2.78. The molecule has 96 valence electrons. The minimum atomic E-state index is -0.996. The number of benzene rings is 1. The fraction of sp³-hybridized carbons (Fsp3) is 0.250. The third kappa shape index (κ3) is 2.87. The maximum Gasteiger partial charge on any atom is 0.184 e. The van der Waals surface area contributed by atoms with Gasteiger partial charge < -0.3 is 9.84 Å². The molecule has 1 aromatic carbocycles. The van der Waals surface area contributed by atoms with Crippen molar-refractivity contribution < 1.29 is 14.2 Å². The number of ether oxygens (including phenoxy) is 1. The lowest BCUT2D eigenvalue weighted by Gasteiger charge is -2.11. The van der Waals surface area contributed by atoms with Crippen LogP contribution in [0.5, 0.6) is 0 Å². The summed E-state index contributed by atoms with van der Waals surface area (Å²) in [6, 6.07) is 4.48. The first-order valence-corrected chi connectivity index (χ1v) is 7.24. The highest BCUT2D eigenvalue weighted by Crippen LogP contribution is 2.32. The molecule has 0 amide bonds. The van der Waals surface area contributed by atoms with Crippen molar-refractivity contribution in [2.24, 2.45) is 0 Å². The summed E-state index contributed by atoms with van der Waals surface area (Å²) in [5.74, 6) is -0.287.